The Bertz CT molecular complexity index is 435. The van der Waals surface area contributed by atoms with Crippen LogP contribution < -0.4 is 4.57 Å². The number of ether oxygens (including phenoxy) is 1. The van der Waals surface area contributed by atoms with Crippen molar-refractivity contribution in [3.05, 3.63) is 35.5 Å². The lowest BCUT2D eigenvalue weighted by atomic mass is 10.2. The number of aliphatic hydroxyl groups excluding tert-OH is 1. The molecule has 0 aliphatic heterocycles. The van der Waals surface area contributed by atoms with Crippen LogP contribution in [-0.2, 0) is 11.2 Å². The molecule has 0 atom stereocenters. The summed E-state index contributed by atoms with van der Waals surface area (Å²) >= 11 is 11.8. The van der Waals surface area contributed by atoms with Gasteiger partial charge in [0.25, 0.3) is 0 Å². The molecule has 0 aliphatic carbocycles. The fourth-order valence-corrected chi connectivity index (χ4v) is 3.03. The van der Waals surface area contributed by atoms with Gasteiger partial charge in [0.2, 0.25) is 0 Å². The van der Waals surface area contributed by atoms with Crippen LogP contribution in [0.1, 0.15) is 18.2 Å². The SMILES string of the molecule is CCc1cc[n+](/C(=C(\O)OC)P(Cl)Cl)c(C)c1. The number of pyridine rings is 1. The maximum absolute atomic E-state index is 9.68. The van der Waals surface area contributed by atoms with Crippen molar-refractivity contribution >= 4 is 34.5 Å². The number of methoxy groups -OCH3 is 1. The molecule has 1 N–H and O–H groups in total. The summed E-state index contributed by atoms with van der Waals surface area (Å²) in [5.74, 6) is -0.251. The van der Waals surface area contributed by atoms with Crippen LogP contribution in [0.4, 0.5) is 0 Å². The van der Waals surface area contributed by atoms with Gasteiger partial charge in [0.1, 0.15) is 0 Å². The van der Waals surface area contributed by atoms with Crippen molar-refractivity contribution in [2.45, 2.75) is 20.3 Å². The molecule has 0 aromatic carbocycles. The molecule has 1 aromatic rings. The number of rotatable bonds is 4. The predicted molar refractivity (Wildman–Crippen MR) is 72.2 cm³/mol. The molecule has 1 heterocycles. The first-order valence-corrected chi connectivity index (χ1v) is 8.26. The lowest BCUT2D eigenvalue weighted by Crippen LogP contribution is -2.35. The maximum atomic E-state index is 9.68. The van der Waals surface area contributed by atoms with Gasteiger partial charge in [0, 0.05) is 19.1 Å². The van der Waals surface area contributed by atoms with E-state index >= 15 is 0 Å². The molecule has 0 unspecified atom stereocenters. The molecule has 1 rings (SSSR count). The predicted octanol–water partition coefficient (Wildman–Crippen LogP) is 3.92. The van der Waals surface area contributed by atoms with Crippen LogP contribution >= 0.6 is 29.1 Å². The highest BCUT2D eigenvalue weighted by Crippen LogP contribution is 2.55. The van der Waals surface area contributed by atoms with E-state index in [-0.39, 0.29) is 5.95 Å². The minimum atomic E-state index is -1.50. The zero-order valence-electron chi connectivity index (χ0n) is 9.94. The van der Waals surface area contributed by atoms with E-state index in [1.54, 1.807) is 4.57 Å². The third kappa shape index (κ3) is 3.48. The van der Waals surface area contributed by atoms with Gasteiger partial charge in [-0.3, -0.25) is 0 Å². The minimum Gasteiger partial charge on any atom is -0.476 e. The maximum Gasteiger partial charge on any atom is 0.355 e. The van der Waals surface area contributed by atoms with Gasteiger partial charge < -0.3 is 9.84 Å². The lowest BCUT2D eigenvalue weighted by molar-refractivity contribution is -0.583. The molecule has 0 spiro atoms. The highest BCUT2D eigenvalue weighted by atomic mass is 35.9. The second kappa shape index (κ2) is 6.44. The Morgan fingerprint density at radius 2 is 2.18 bits per heavy atom. The van der Waals surface area contributed by atoms with E-state index in [4.69, 9.17) is 27.2 Å². The van der Waals surface area contributed by atoms with E-state index < -0.39 is 6.63 Å². The largest absolute Gasteiger partial charge is 0.476 e. The molecule has 0 saturated heterocycles. The number of nitrogens with zero attached hydrogens (tertiary/aromatic N) is 1. The number of hydrogen-bond acceptors (Lipinski definition) is 2. The molecule has 0 saturated carbocycles. The van der Waals surface area contributed by atoms with Gasteiger partial charge in [0.15, 0.2) is 18.5 Å². The third-order valence-electron chi connectivity index (χ3n) is 2.39. The van der Waals surface area contributed by atoms with E-state index in [0.29, 0.717) is 5.44 Å². The van der Waals surface area contributed by atoms with Crippen LogP contribution in [0.25, 0.3) is 5.44 Å². The third-order valence-corrected chi connectivity index (χ3v) is 4.08. The normalized spacial score (nSPS) is 12.6. The molecule has 3 nitrogen and oxygen atoms in total. The lowest BCUT2D eigenvalue weighted by Gasteiger charge is -2.07. The summed E-state index contributed by atoms with van der Waals surface area (Å²) < 4.78 is 6.54. The summed E-state index contributed by atoms with van der Waals surface area (Å²) in [5.41, 5.74) is 2.53. The number of aliphatic hydroxyl groups is 1. The smallest absolute Gasteiger partial charge is 0.355 e. The fourth-order valence-electron chi connectivity index (χ4n) is 1.48. The van der Waals surface area contributed by atoms with Crippen molar-refractivity contribution in [1.82, 2.24) is 0 Å². The zero-order chi connectivity index (χ0) is 13.0. The number of hydrogen-bond donors (Lipinski definition) is 1. The van der Waals surface area contributed by atoms with Gasteiger partial charge in [-0.25, -0.2) is 0 Å². The van der Waals surface area contributed by atoms with Gasteiger partial charge in [0.05, 0.1) is 7.11 Å². The van der Waals surface area contributed by atoms with E-state index in [2.05, 4.69) is 6.92 Å². The summed E-state index contributed by atoms with van der Waals surface area (Å²) in [6, 6.07) is 3.98. The molecule has 1 aromatic heterocycles. The average Bonchev–Trinajstić information content (AvgIpc) is 2.30. The van der Waals surface area contributed by atoms with Crippen LogP contribution in [0.2, 0.25) is 0 Å². The van der Waals surface area contributed by atoms with E-state index in [1.165, 1.54) is 12.7 Å². The topological polar surface area (TPSA) is 33.3 Å². The Kier molecular flexibility index (Phi) is 5.51. The minimum absolute atomic E-state index is 0.251. The molecular formula is C11H15Cl2NO2P+. The standard InChI is InChI=1S/C11H14Cl2NO2P/c1-4-9-5-6-14(8(2)7-9)10(17(12)13)11(15)16-3/h5-7H,4H2,1-3H3/p+1/b11-10-. The molecular weight excluding hydrogens is 280 g/mol. The van der Waals surface area contributed by atoms with Crippen LogP contribution in [-0.4, -0.2) is 12.2 Å². The summed E-state index contributed by atoms with van der Waals surface area (Å²) in [4.78, 5) is 0. The quantitative estimate of drug-likeness (QED) is 0.519. The molecule has 94 valence electrons. The molecule has 6 heteroatoms. The molecule has 0 aliphatic rings. The Labute approximate surface area is 112 Å². The van der Waals surface area contributed by atoms with Crippen molar-refractivity contribution in [3.8, 4) is 0 Å². The van der Waals surface area contributed by atoms with Gasteiger partial charge in [-0.1, -0.05) is 29.4 Å². The van der Waals surface area contributed by atoms with Crippen molar-refractivity contribution in [3.63, 3.8) is 0 Å². The first kappa shape index (κ1) is 14.6. The van der Waals surface area contributed by atoms with E-state index in [0.717, 1.165) is 12.1 Å². The summed E-state index contributed by atoms with van der Waals surface area (Å²) in [7, 11) is 1.37. The molecule has 17 heavy (non-hydrogen) atoms. The van der Waals surface area contributed by atoms with Gasteiger partial charge >= 0.3 is 11.4 Å². The second-order valence-corrected chi connectivity index (χ2v) is 6.90. The molecule has 0 radical (unpaired) electrons. The summed E-state index contributed by atoms with van der Waals surface area (Å²) in [5, 5.41) is 9.68. The first-order chi connectivity index (χ1) is 8.01. The Hall–Kier alpha value is -0.500. The van der Waals surface area contributed by atoms with Crippen molar-refractivity contribution in [2.24, 2.45) is 0 Å². The van der Waals surface area contributed by atoms with Crippen molar-refractivity contribution < 1.29 is 14.4 Å². The molecule has 0 amide bonds. The Morgan fingerprint density at radius 1 is 1.53 bits per heavy atom. The Balaban J connectivity index is 3.30. The van der Waals surface area contributed by atoms with E-state index in [9.17, 15) is 5.11 Å². The second-order valence-electron chi connectivity index (χ2n) is 3.47. The van der Waals surface area contributed by atoms with Gasteiger partial charge in [-0.05, 0) is 12.0 Å². The van der Waals surface area contributed by atoms with Gasteiger partial charge in [-0.15, -0.1) is 0 Å². The van der Waals surface area contributed by atoms with Crippen LogP contribution in [0, 0.1) is 6.92 Å². The number of aromatic nitrogens is 1. The monoisotopic (exact) mass is 294 g/mol. The first-order valence-electron chi connectivity index (χ1n) is 5.11. The molecule has 0 fully saturated rings. The zero-order valence-corrected chi connectivity index (χ0v) is 12.4. The van der Waals surface area contributed by atoms with Crippen molar-refractivity contribution in [1.29, 1.82) is 0 Å². The highest BCUT2D eigenvalue weighted by Gasteiger charge is 2.28. The Morgan fingerprint density at radius 3 is 2.59 bits per heavy atom. The van der Waals surface area contributed by atoms with Gasteiger partial charge in [-0.2, -0.15) is 4.57 Å². The summed E-state index contributed by atoms with van der Waals surface area (Å²) in [6.07, 6.45) is 2.78. The van der Waals surface area contributed by atoms with Crippen LogP contribution in [0.15, 0.2) is 24.3 Å². The van der Waals surface area contributed by atoms with Crippen molar-refractivity contribution in [2.75, 3.05) is 7.11 Å². The summed E-state index contributed by atoms with van der Waals surface area (Å²) in [6.45, 7) is 2.50. The van der Waals surface area contributed by atoms with E-state index in [1.807, 2.05) is 25.3 Å². The average molecular weight is 295 g/mol. The fraction of sp³-hybridized carbons (Fsp3) is 0.364. The van der Waals surface area contributed by atoms with Crippen LogP contribution in [0.3, 0.4) is 0 Å². The van der Waals surface area contributed by atoms with Crippen LogP contribution in [0.5, 0.6) is 0 Å². The number of aryl methyl sites for hydroxylation is 2. The number of halogens is 2. The highest BCUT2D eigenvalue weighted by molar-refractivity contribution is 8.10. The molecule has 0 bridgehead atoms.